The lowest BCUT2D eigenvalue weighted by atomic mass is 9.97. The average molecular weight is 208 g/mol. The molecule has 1 saturated heterocycles. The predicted molar refractivity (Wildman–Crippen MR) is 60.8 cm³/mol. The number of aromatic nitrogens is 1. The van der Waals surface area contributed by atoms with E-state index in [-0.39, 0.29) is 0 Å². The van der Waals surface area contributed by atoms with E-state index in [9.17, 15) is 0 Å². The van der Waals surface area contributed by atoms with Gasteiger partial charge in [0.15, 0.2) is 0 Å². The smallest absolute Gasteiger partial charge is 0.108 e. The highest BCUT2D eigenvalue weighted by Crippen LogP contribution is 2.29. The Balaban J connectivity index is 2.29. The molecule has 3 heteroatoms. The molecule has 1 aromatic rings. The largest absolute Gasteiger partial charge is 0.353 e. The number of nitrogens with one attached hydrogen (secondary N) is 1. The number of likely N-dealkylation sites (tertiary alicyclic amines) is 1. The van der Waals surface area contributed by atoms with Gasteiger partial charge in [-0.05, 0) is 32.5 Å². The minimum Gasteiger partial charge on any atom is -0.353 e. The van der Waals surface area contributed by atoms with E-state index in [1.54, 1.807) is 0 Å². The number of rotatable bonds is 1. The Morgan fingerprint density at radius 3 is 3.07 bits per heavy atom. The van der Waals surface area contributed by atoms with Crippen LogP contribution in [0.2, 0.25) is 0 Å². The molecule has 2 rings (SSSR count). The molecule has 1 unspecified atom stereocenters. The van der Waals surface area contributed by atoms with Crippen molar-refractivity contribution in [1.29, 1.82) is 0 Å². The highest BCUT2D eigenvalue weighted by Gasteiger charge is 2.21. The maximum atomic E-state index is 5.30. The topological polar surface area (TPSA) is 19.0 Å². The standard InChI is InChI=1S/C11H16N2S/c1-13-8-3-2-6-10(13)9-5-4-7-12-11(9)14/h4-5,7,10H,2-3,6,8H2,1H3,(H,12,14). The van der Waals surface area contributed by atoms with Crippen molar-refractivity contribution in [3.63, 3.8) is 0 Å². The third kappa shape index (κ3) is 1.88. The van der Waals surface area contributed by atoms with E-state index in [2.05, 4.69) is 23.0 Å². The first-order valence-corrected chi connectivity index (χ1v) is 5.57. The molecule has 2 heterocycles. The summed E-state index contributed by atoms with van der Waals surface area (Å²) in [5, 5.41) is 0. The van der Waals surface area contributed by atoms with Gasteiger partial charge in [-0.25, -0.2) is 0 Å². The number of pyridine rings is 1. The second-order valence-corrected chi connectivity index (χ2v) is 4.36. The van der Waals surface area contributed by atoms with Crippen molar-refractivity contribution in [1.82, 2.24) is 9.88 Å². The minimum absolute atomic E-state index is 0.522. The molecule has 76 valence electrons. The van der Waals surface area contributed by atoms with E-state index in [0.29, 0.717) is 6.04 Å². The number of nitrogens with zero attached hydrogens (tertiary/aromatic N) is 1. The third-order valence-corrected chi connectivity index (χ3v) is 3.33. The summed E-state index contributed by atoms with van der Waals surface area (Å²) in [7, 11) is 2.19. The summed E-state index contributed by atoms with van der Waals surface area (Å²) in [5.41, 5.74) is 1.28. The van der Waals surface area contributed by atoms with Gasteiger partial charge < -0.3 is 4.98 Å². The van der Waals surface area contributed by atoms with Crippen molar-refractivity contribution in [2.24, 2.45) is 0 Å². The average Bonchev–Trinajstić information content (AvgIpc) is 2.20. The zero-order valence-electron chi connectivity index (χ0n) is 8.49. The Kier molecular flexibility index (Phi) is 2.99. The maximum Gasteiger partial charge on any atom is 0.108 e. The molecule has 0 bridgehead atoms. The lowest BCUT2D eigenvalue weighted by molar-refractivity contribution is 0.186. The van der Waals surface area contributed by atoms with Crippen molar-refractivity contribution < 1.29 is 0 Å². The van der Waals surface area contributed by atoms with Gasteiger partial charge in [-0.3, -0.25) is 4.90 Å². The molecular weight excluding hydrogens is 192 g/mol. The second-order valence-electron chi connectivity index (χ2n) is 3.95. The molecule has 0 aromatic carbocycles. The molecule has 1 fully saturated rings. The van der Waals surface area contributed by atoms with Crippen LogP contribution in [0.15, 0.2) is 18.3 Å². The van der Waals surface area contributed by atoms with E-state index in [4.69, 9.17) is 12.2 Å². The Labute approximate surface area is 90.0 Å². The molecule has 14 heavy (non-hydrogen) atoms. The van der Waals surface area contributed by atoms with Crippen molar-refractivity contribution >= 4 is 12.2 Å². The van der Waals surface area contributed by atoms with Gasteiger partial charge in [0.2, 0.25) is 0 Å². The van der Waals surface area contributed by atoms with Gasteiger partial charge in [-0.2, -0.15) is 0 Å². The molecule has 2 nitrogen and oxygen atoms in total. The molecule has 0 aliphatic carbocycles. The lowest BCUT2D eigenvalue weighted by Crippen LogP contribution is -2.29. The fourth-order valence-electron chi connectivity index (χ4n) is 2.17. The molecule has 1 N–H and O–H groups in total. The first-order valence-electron chi connectivity index (χ1n) is 5.17. The SMILES string of the molecule is CN1CCCCC1c1ccc[nH]c1=S. The Hall–Kier alpha value is -0.670. The van der Waals surface area contributed by atoms with Crippen molar-refractivity contribution in [2.45, 2.75) is 25.3 Å². The number of piperidine rings is 1. The number of aromatic amines is 1. The van der Waals surface area contributed by atoms with Crippen LogP contribution >= 0.6 is 12.2 Å². The van der Waals surface area contributed by atoms with Gasteiger partial charge in [0, 0.05) is 17.8 Å². The van der Waals surface area contributed by atoms with Crippen molar-refractivity contribution in [2.75, 3.05) is 13.6 Å². The summed E-state index contributed by atoms with van der Waals surface area (Å²) < 4.78 is 0.895. The van der Waals surface area contributed by atoms with Gasteiger partial charge in [-0.15, -0.1) is 0 Å². The quantitative estimate of drug-likeness (QED) is 0.716. The highest BCUT2D eigenvalue weighted by atomic mass is 32.1. The fraction of sp³-hybridized carbons (Fsp3) is 0.545. The zero-order chi connectivity index (χ0) is 9.97. The Bertz CT molecular complexity index is 358. The van der Waals surface area contributed by atoms with E-state index in [1.807, 2.05) is 12.3 Å². The predicted octanol–water partition coefficient (Wildman–Crippen LogP) is 2.90. The van der Waals surface area contributed by atoms with E-state index >= 15 is 0 Å². The van der Waals surface area contributed by atoms with Gasteiger partial charge in [-0.1, -0.05) is 24.7 Å². The monoisotopic (exact) mass is 208 g/mol. The second kappa shape index (κ2) is 4.24. The lowest BCUT2D eigenvalue weighted by Gasteiger charge is -2.32. The van der Waals surface area contributed by atoms with Crippen LogP contribution in [-0.2, 0) is 0 Å². The van der Waals surface area contributed by atoms with Crippen LogP contribution in [0.5, 0.6) is 0 Å². The van der Waals surface area contributed by atoms with Crippen molar-refractivity contribution in [3.05, 3.63) is 28.5 Å². The molecule has 0 radical (unpaired) electrons. The Morgan fingerprint density at radius 2 is 2.36 bits per heavy atom. The highest BCUT2D eigenvalue weighted by molar-refractivity contribution is 7.71. The van der Waals surface area contributed by atoms with Crippen LogP contribution in [0.1, 0.15) is 30.9 Å². The molecule has 1 aromatic heterocycles. The van der Waals surface area contributed by atoms with Gasteiger partial charge in [0.25, 0.3) is 0 Å². The summed E-state index contributed by atoms with van der Waals surface area (Å²) >= 11 is 5.30. The molecule has 1 atom stereocenters. The summed E-state index contributed by atoms with van der Waals surface area (Å²) in [6, 6.07) is 4.70. The van der Waals surface area contributed by atoms with Crippen molar-refractivity contribution in [3.8, 4) is 0 Å². The number of hydrogen-bond donors (Lipinski definition) is 1. The number of H-pyrrole nitrogens is 1. The molecule has 0 spiro atoms. The summed E-state index contributed by atoms with van der Waals surface area (Å²) in [4.78, 5) is 5.51. The summed E-state index contributed by atoms with van der Waals surface area (Å²) in [6.07, 6.45) is 5.77. The van der Waals surface area contributed by atoms with E-state index in [1.165, 1.54) is 31.4 Å². The van der Waals surface area contributed by atoms with Gasteiger partial charge in [0.1, 0.15) is 4.64 Å². The molecule has 0 amide bonds. The van der Waals surface area contributed by atoms with Crippen LogP contribution in [0, 0.1) is 4.64 Å². The summed E-state index contributed by atoms with van der Waals surface area (Å²) in [5.74, 6) is 0. The molecule has 0 saturated carbocycles. The van der Waals surface area contributed by atoms with Crippen LogP contribution in [-0.4, -0.2) is 23.5 Å². The molecule has 1 aliphatic heterocycles. The van der Waals surface area contributed by atoms with Crippen LogP contribution in [0.25, 0.3) is 0 Å². The Morgan fingerprint density at radius 1 is 1.50 bits per heavy atom. The summed E-state index contributed by atoms with van der Waals surface area (Å²) in [6.45, 7) is 1.19. The van der Waals surface area contributed by atoms with Crippen LogP contribution in [0.4, 0.5) is 0 Å². The number of hydrogen-bond acceptors (Lipinski definition) is 2. The first-order chi connectivity index (χ1) is 6.79. The first kappa shape index (κ1) is 9.87. The normalized spacial score (nSPS) is 23.6. The molecule has 1 aliphatic rings. The van der Waals surface area contributed by atoms with E-state index in [0.717, 1.165) is 4.64 Å². The van der Waals surface area contributed by atoms with E-state index < -0.39 is 0 Å². The fourth-order valence-corrected chi connectivity index (χ4v) is 2.44. The minimum atomic E-state index is 0.522. The molecular formula is C11H16N2S. The van der Waals surface area contributed by atoms with Crippen LogP contribution in [0.3, 0.4) is 0 Å². The maximum absolute atomic E-state index is 5.30. The van der Waals surface area contributed by atoms with Gasteiger partial charge in [0.05, 0.1) is 0 Å². The third-order valence-electron chi connectivity index (χ3n) is 2.98. The van der Waals surface area contributed by atoms with Crippen LogP contribution < -0.4 is 0 Å². The zero-order valence-corrected chi connectivity index (χ0v) is 9.31. The van der Waals surface area contributed by atoms with Gasteiger partial charge >= 0.3 is 0 Å².